The molecule has 2 aromatic heterocycles. The minimum atomic E-state index is -3.69. The molecule has 4 rings (SSSR count). The Morgan fingerprint density at radius 2 is 1.80 bits per heavy atom. The third-order valence-corrected chi connectivity index (χ3v) is 6.57. The number of sulfonamides is 1. The van der Waals surface area contributed by atoms with Gasteiger partial charge in [0.05, 0.1) is 5.75 Å². The molecular weight excluding hydrogens is 416 g/mol. The summed E-state index contributed by atoms with van der Waals surface area (Å²) in [6.45, 7) is 0.507. The second-order valence-corrected chi connectivity index (χ2v) is 8.90. The average molecular weight is 435 g/mol. The lowest BCUT2D eigenvalue weighted by atomic mass is 10.1. The third-order valence-electron chi connectivity index (χ3n) is 4.72. The number of hydrogen-bond acceptors (Lipinski definition) is 6. The molecule has 0 amide bonds. The molecule has 0 radical (unpaired) electrons. The van der Waals surface area contributed by atoms with Crippen LogP contribution in [0.2, 0.25) is 0 Å². The second kappa shape index (κ2) is 8.44. The van der Waals surface area contributed by atoms with Crippen LogP contribution in [0.15, 0.2) is 48.8 Å². The van der Waals surface area contributed by atoms with Gasteiger partial charge in [-0.25, -0.2) is 26.2 Å². The molecule has 1 fully saturated rings. The lowest BCUT2D eigenvalue weighted by molar-refractivity contribution is 0.128. The number of ether oxygens (including phenoxy) is 1. The minimum Gasteiger partial charge on any atom is -0.473 e. The topological polar surface area (TPSA) is 90.2 Å². The maximum atomic E-state index is 13.3. The monoisotopic (exact) mass is 435 g/mol. The zero-order chi connectivity index (χ0) is 21.1. The van der Waals surface area contributed by atoms with E-state index in [0.29, 0.717) is 30.6 Å². The van der Waals surface area contributed by atoms with Crippen molar-refractivity contribution < 1.29 is 21.9 Å². The first-order valence-electron chi connectivity index (χ1n) is 9.32. The number of nitrogens with zero attached hydrogens (tertiary/aromatic N) is 5. The summed E-state index contributed by atoms with van der Waals surface area (Å²) in [6.07, 6.45) is 4.13. The van der Waals surface area contributed by atoms with E-state index in [0.717, 1.165) is 12.1 Å². The van der Waals surface area contributed by atoms with Gasteiger partial charge in [0, 0.05) is 37.6 Å². The van der Waals surface area contributed by atoms with Crippen LogP contribution in [0.1, 0.15) is 18.4 Å². The average Bonchev–Trinajstić information content (AvgIpc) is 3.23. The van der Waals surface area contributed by atoms with Crippen molar-refractivity contribution in [2.75, 3.05) is 13.1 Å². The zero-order valence-electron chi connectivity index (χ0n) is 15.9. The van der Waals surface area contributed by atoms with Gasteiger partial charge in [0.1, 0.15) is 17.7 Å². The molecule has 0 atom stereocenters. The first-order chi connectivity index (χ1) is 14.4. The van der Waals surface area contributed by atoms with E-state index < -0.39 is 27.4 Å². The summed E-state index contributed by atoms with van der Waals surface area (Å²) in [5, 5.41) is 12.2. The van der Waals surface area contributed by atoms with Crippen molar-refractivity contribution in [3.63, 3.8) is 0 Å². The van der Waals surface area contributed by atoms with Gasteiger partial charge < -0.3 is 4.74 Å². The van der Waals surface area contributed by atoms with Crippen LogP contribution >= 0.6 is 0 Å². The fourth-order valence-corrected chi connectivity index (χ4v) is 4.84. The van der Waals surface area contributed by atoms with Crippen LogP contribution in [0, 0.1) is 11.6 Å². The van der Waals surface area contributed by atoms with Gasteiger partial charge in [-0.05, 0) is 42.7 Å². The van der Waals surface area contributed by atoms with Gasteiger partial charge in [0.2, 0.25) is 15.9 Å². The SMILES string of the molecule is O=S(=O)(Cc1cc(F)cc(F)c1)N1CCC(Oc2ccc(-n3cccn3)nn2)CC1. The van der Waals surface area contributed by atoms with E-state index in [1.54, 1.807) is 35.3 Å². The van der Waals surface area contributed by atoms with Crippen LogP contribution in [-0.2, 0) is 15.8 Å². The third kappa shape index (κ3) is 4.79. The maximum Gasteiger partial charge on any atom is 0.233 e. The normalized spacial score (nSPS) is 15.9. The maximum absolute atomic E-state index is 13.3. The molecule has 1 aliphatic rings. The van der Waals surface area contributed by atoms with Crippen molar-refractivity contribution in [1.82, 2.24) is 24.3 Å². The van der Waals surface area contributed by atoms with E-state index in [9.17, 15) is 17.2 Å². The van der Waals surface area contributed by atoms with Gasteiger partial charge in [0.15, 0.2) is 5.82 Å². The Morgan fingerprint density at radius 3 is 2.40 bits per heavy atom. The minimum absolute atomic E-state index is 0.0819. The van der Waals surface area contributed by atoms with E-state index in [2.05, 4.69) is 15.3 Å². The molecule has 1 saturated heterocycles. The van der Waals surface area contributed by atoms with E-state index in [-0.39, 0.29) is 24.8 Å². The largest absolute Gasteiger partial charge is 0.473 e. The summed E-state index contributed by atoms with van der Waals surface area (Å²) in [5.41, 5.74) is 0.0819. The van der Waals surface area contributed by atoms with Gasteiger partial charge in [-0.3, -0.25) is 0 Å². The number of benzene rings is 1. The van der Waals surface area contributed by atoms with Gasteiger partial charge in [-0.2, -0.15) is 5.10 Å². The van der Waals surface area contributed by atoms with Crippen molar-refractivity contribution >= 4 is 10.0 Å². The standard InChI is InChI=1S/C19H19F2N5O3S/c20-15-10-14(11-16(21)12-15)13-30(27,28)25-8-4-17(5-9-25)29-19-3-2-18(23-24-19)26-7-1-6-22-26/h1-3,6-7,10-12,17H,4-5,8-9,13H2. The Kier molecular flexibility index (Phi) is 5.73. The van der Waals surface area contributed by atoms with Crippen molar-refractivity contribution in [3.05, 3.63) is 66.0 Å². The molecule has 0 saturated carbocycles. The highest BCUT2D eigenvalue weighted by Gasteiger charge is 2.29. The molecule has 0 N–H and O–H groups in total. The Hall–Kier alpha value is -2.92. The quantitative estimate of drug-likeness (QED) is 0.590. The van der Waals surface area contributed by atoms with E-state index in [4.69, 9.17) is 4.74 Å². The molecule has 0 unspecified atom stereocenters. The number of rotatable bonds is 6. The molecule has 1 aromatic carbocycles. The molecule has 8 nitrogen and oxygen atoms in total. The smallest absolute Gasteiger partial charge is 0.233 e. The summed E-state index contributed by atoms with van der Waals surface area (Å²) in [6, 6.07) is 7.96. The molecule has 158 valence electrons. The highest BCUT2D eigenvalue weighted by atomic mass is 32.2. The van der Waals surface area contributed by atoms with Gasteiger partial charge in [-0.15, -0.1) is 10.2 Å². The van der Waals surface area contributed by atoms with Crippen molar-refractivity contribution in [3.8, 4) is 11.7 Å². The fraction of sp³-hybridized carbons (Fsp3) is 0.316. The lowest BCUT2D eigenvalue weighted by Crippen LogP contribution is -2.42. The predicted molar refractivity (Wildman–Crippen MR) is 103 cm³/mol. The number of hydrogen-bond donors (Lipinski definition) is 0. The van der Waals surface area contributed by atoms with Crippen LogP contribution in [0.5, 0.6) is 5.88 Å². The molecule has 0 aliphatic carbocycles. The van der Waals surface area contributed by atoms with E-state index in [1.807, 2.05) is 0 Å². The summed E-state index contributed by atoms with van der Waals surface area (Å²) >= 11 is 0. The molecule has 11 heteroatoms. The lowest BCUT2D eigenvalue weighted by Gasteiger charge is -2.31. The molecule has 0 spiro atoms. The van der Waals surface area contributed by atoms with Crippen molar-refractivity contribution in [2.24, 2.45) is 0 Å². The van der Waals surface area contributed by atoms with E-state index >= 15 is 0 Å². The summed E-state index contributed by atoms with van der Waals surface area (Å²) in [4.78, 5) is 0. The highest BCUT2D eigenvalue weighted by molar-refractivity contribution is 7.88. The predicted octanol–water partition coefficient (Wildman–Crippen LogP) is 2.31. The molecular formula is C19H19F2N5O3S. The van der Waals surface area contributed by atoms with Crippen LogP contribution in [0.3, 0.4) is 0 Å². The second-order valence-electron chi connectivity index (χ2n) is 6.93. The molecule has 3 heterocycles. The zero-order valence-corrected chi connectivity index (χ0v) is 16.7. The van der Waals surface area contributed by atoms with Crippen molar-refractivity contribution in [2.45, 2.75) is 24.7 Å². The van der Waals surface area contributed by atoms with Crippen LogP contribution < -0.4 is 4.74 Å². The number of halogens is 2. The highest BCUT2D eigenvalue weighted by Crippen LogP contribution is 2.22. The van der Waals surface area contributed by atoms with Crippen LogP contribution in [0.25, 0.3) is 5.82 Å². The fourth-order valence-electron chi connectivity index (χ4n) is 3.30. The van der Waals surface area contributed by atoms with Crippen LogP contribution in [0.4, 0.5) is 8.78 Å². The summed E-state index contributed by atoms with van der Waals surface area (Å²) < 4.78 is 60.6. The first-order valence-corrected chi connectivity index (χ1v) is 10.9. The van der Waals surface area contributed by atoms with Crippen LogP contribution in [-0.4, -0.2) is 51.9 Å². The first kappa shape index (κ1) is 20.4. The molecule has 0 bridgehead atoms. The summed E-state index contributed by atoms with van der Waals surface area (Å²) in [5.74, 6) is -1.14. The Labute approximate surface area is 172 Å². The molecule has 1 aliphatic heterocycles. The molecule has 3 aromatic rings. The van der Waals surface area contributed by atoms with Gasteiger partial charge in [0.25, 0.3) is 0 Å². The Balaban J connectivity index is 1.33. The molecule has 30 heavy (non-hydrogen) atoms. The Morgan fingerprint density at radius 1 is 1.07 bits per heavy atom. The Bertz CT molecular complexity index is 1080. The van der Waals surface area contributed by atoms with Gasteiger partial charge >= 0.3 is 0 Å². The van der Waals surface area contributed by atoms with E-state index in [1.165, 1.54) is 4.31 Å². The summed E-state index contributed by atoms with van der Waals surface area (Å²) in [7, 11) is -3.69. The number of piperidine rings is 1. The van der Waals surface area contributed by atoms with Gasteiger partial charge in [-0.1, -0.05) is 0 Å². The number of aromatic nitrogens is 4. The van der Waals surface area contributed by atoms with Crippen molar-refractivity contribution in [1.29, 1.82) is 0 Å².